The maximum Gasteiger partial charge on any atom is 0.342 e. The number of benzene rings is 4. The number of hydrogen-bond acceptors (Lipinski definition) is 19. The first kappa shape index (κ1) is 63.0. The van der Waals surface area contributed by atoms with Gasteiger partial charge in [-0.25, -0.2) is 29.5 Å². The van der Waals surface area contributed by atoms with Crippen molar-refractivity contribution in [3.8, 4) is 34.0 Å². The molecule has 0 unspecified atom stereocenters. The monoisotopic (exact) mass is 1210 g/mol. The SMILES string of the molecule is C.COC(=O)c1cnc(Nc2cc([N+](=O)[O-])c(N3CCC4(CCN(C)CC4)CC3)cc2OC)nc1-c1cn(C)c2ccccc12.COc1cc(N2CCC3(CCN(C)CC3)CC2)c(N)cc1Nc1ncc(C(=O)OC(C)C)c(-c2cn(C)c3ccccc23)n1. The summed E-state index contributed by atoms with van der Waals surface area (Å²) in [6, 6.07) is 22.9. The van der Waals surface area contributed by atoms with Gasteiger partial charge in [-0.2, -0.15) is 0 Å². The lowest BCUT2D eigenvalue weighted by molar-refractivity contribution is -0.384. The maximum atomic E-state index is 13.1. The minimum absolute atomic E-state index is 0. The first-order valence-electron chi connectivity index (χ1n) is 30.3. The molecule has 470 valence electrons. The fraction of sp³-hybridized carbons (Fsp3) is 0.433. The second-order valence-corrected chi connectivity index (χ2v) is 24.4. The van der Waals surface area contributed by atoms with Crippen LogP contribution in [-0.2, 0) is 23.6 Å². The van der Waals surface area contributed by atoms with Crippen LogP contribution in [0.25, 0.3) is 44.3 Å². The number of nitrogen functional groups attached to an aromatic ring is 1. The number of rotatable bonds is 14. The van der Waals surface area contributed by atoms with Crippen molar-refractivity contribution >= 4 is 79.8 Å². The average Bonchev–Trinajstić information content (AvgIpc) is 1.87. The van der Waals surface area contributed by atoms with Crippen LogP contribution in [0.2, 0.25) is 0 Å². The Morgan fingerprint density at radius 2 is 1.02 bits per heavy atom. The summed E-state index contributed by atoms with van der Waals surface area (Å²) >= 11 is 0. The van der Waals surface area contributed by atoms with Crippen molar-refractivity contribution in [2.24, 2.45) is 24.9 Å². The number of hydrogen-bond donors (Lipinski definition) is 3. The Balaban J connectivity index is 0.000000194. The molecule has 0 radical (unpaired) electrons. The Morgan fingerprint density at radius 1 is 0.607 bits per heavy atom. The lowest BCUT2D eigenvalue weighted by atomic mass is 9.71. The highest BCUT2D eigenvalue weighted by atomic mass is 16.6. The normalized spacial score (nSPS) is 16.6. The number of nitro benzene ring substituents is 1. The van der Waals surface area contributed by atoms with Gasteiger partial charge in [0.15, 0.2) is 0 Å². The Kier molecular flexibility index (Phi) is 18.7. The third-order valence-corrected chi connectivity index (χ3v) is 18.6. The largest absolute Gasteiger partial charge is 0.494 e. The topological polar surface area (TPSA) is 239 Å². The first-order valence-corrected chi connectivity index (χ1v) is 30.3. The number of fused-ring (bicyclic) bond motifs is 2. The van der Waals surface area contributed by atoms with Crippen LogP contribution < -0.4 is 35.6 Å². The summed E-state index contributed by atoms with van der Waals surface area (Å²) in [7, 11) is 12.8. The van der Waals surface area contributed by atoms with Gasteiger partial charge in [-0.15, -0.1) is 0 Å². The summed E-state index contributed by atoms with van der Waals surface area (Å²) in [5.41, 5.74) is 15.5. The van der Waals surface area contributed by atoms with Gasteiger partial charge in [0.05, 0.1) is 66.5 Å². The third-order valence-electron chi connectivity index (χ3n) is 18.6. The number of ether oxygens (including phenoxy) is 4. The van der Waals surface area contributed by atoms with Gasteiger partial charge in [0, 0.05) is 116 Å². The molecule has 22 nitrogen and oxygen atoms in total. The van der Waals surface area contributed by atoms with E-state index in [0.29, 0.717) is 68.0 Å². The van der Waals surface area contributed by atoms with Gasteiger partial charge in [0.25, 0.3) is 5.69 Å². The first-order chi connectivity index (χ1) is 42.4. The smallest absolute Gasteiger partial charge is 0.342 e. The zero-order valence-corrected chi connectivity index (χ0v) is 51.9. The standard InChI is InChI=1S/C34H43N7O3.C32H37N7O5.CH4/c1-22(2)44-32(42)24-20-36-33(38-31(24)25-21-40(4)28-9-7-6-8-23(25)28)37-27-18-26(35)29(19-30(27)43-5)41-16-12-34(13-17-41)10-14-39(3)15-11-34;1-36-13-9-32(10-14-36)11-15-38(16-12-32)26-18-28(43-3)24(17-27(26)39(41)42)34-31-33-19-22(30(40)44-4)29(35-31)23-20-37(2)25-8-6-5-7-21(23)25;/h6-9,18-22H,10-17,35H2,1-5H3,(H,36,37,38);5-8,17-20H,9-16H2,1-4H3,(H,33,34,35);1H4. The molecule has 89 heavy (non-hydrogen) atoms. The molecular formula is C67H84N14O8. The Labute approximate surface area is 520 Å². The van der Waals surface area contributed by atoms with E-state index in [9.17, 15) is 19.7 Å². The fourth-order valence-electron chi connectivity index (χ4n) is 13.3. The number of aryl methyl sites for hydroxylation is 2. The second kappa shape index (κ2) is 26.4. The van der Waals surface area contributed by atoms with Crippen LogP contribution in [0.4, 0.5) is 46.0 Å². The number of nitrogens with one attached hydrogen (secondary N) is 2. The molecule has 0 amide bonds. The summed E-state index contributed by atoms with van der Waals surface area (Å²) in [6.07, 6.45) is 15.8. The van der Waals surface area contributed by atoms with E-state index >= 15 is 0 Å². The highest BCUT2D eigenvalue weighted by Gasteiger charge is 2.40. The van der Waals surface area contributed by atoms with Crippen LogP contribution in [0.15, 0.2) is 97.6 Å². The summed E-state index contributed by atoms with van der Waals surface area (Å²) < 4.78 is 26.1. The third kappa shape index (κ3) is 13.1. The van der Waals surface area contributed by atoms with Crippen LogP contribution in [0.5, 0.6) is 11.5 Å². The fourth-order valence-corrected chi connectivity index (χ4v) is 13.3. The summed E-state index contributed by atoms with van der Waals surface area (Å²) in [4.78, 5) is 65.6. The molecule has 4 aliphatic rings. The molecule has 4 aromatic carbocycles. The van der Waals surface area contributed by atoms with E-state index in [0.717, 1.165) is 90.7 Å². The van der Waals surface area contributed by atoms with Crippen LogP contribution in [0, 0.1) is 20.9 Å². The van der Waals surface area contributed by atoms with Crippen LogP contribution in [0.1, 0.15) is 93.4 Å². The number of nitrogens with two attached hydrogens (primary N) is 1. The van der Waals surface area contributed by atoms with Crippen molar-refractivity contribution < 1.29 is 33.5 Å². The number of carbonyl (C=O) groups excluding carboxylic acids is 2. The number of para-hydroxylation sites is 2. The van der Waals surface area contributed by atoms with Gasteiger partial charge in [-0.05, 0) is 135 Å². The van der Waals surface area contributed by atoms with Crippen molar-refractivity contribution in [2.45, 2.75) is 78.7 Å². The molecule has 0 atom stereocenters. The maximum absolute atomic E-state index is 13.1. The molecule has 2 spiro atoms. The van der Waals surface area contributed by atoms with E-state index in [1.165, 1.54) is 84.3 Å². The zero-order valence-electron chi connectivity index (χ0n) is 51.9. The minimum atomic E-state index is -0.569. The lowest BCUT2D eigenvalue weighted by Crippen LogP contribution is -2.46. The van der Waals surface area contributed by atoms with Gasteiger partial charge in [-0.3, -0.25) is 10.1 Å². The summed E-state index contributed by atoms with van der Waals surface area (Å²) in [5, 5.41) is 20.6. The van der Waals surface area contributed by atoms with Gasteiger partial charge < -0.3 is 64.0 Å². The van der Waals surface area contributed by atoms with Gasteiger partial charge in [0.2, 0.25) is 11.9 Å². The van der Waals surface area contributed by atoms with Gasteiger partial charge in [0.1, 0.15) is 28.3 Å². The number of piperidine rings is 4. The highest BCUT2D eigenvalue weighted by molar-refractivity contribution is 6.04. The number of nitrogens with zero attached hydrogens (tertiary/aromatic N) is 11. The van der Waals surface area contributed by atoms with E-state index in [-0.39, 0.29) is 35.7 Å². The lowest BCUT2D eigenvalue weighted by Gasteiger charge is -2.47. The molecule has 8 heterocycles. The van der Waals surface area contributed by atoms with E-state index in [1.807, 2.05) is 110 Å². The molecule has 4 N–H and O–H groups in total. The summed E-state index contributed by atoms with van der Waals surface area (Å²) in [6.45, 7) is 11.7. The number of anilines is 7. The predicted octanol–water partition coefficient (Wildman–Crippen LogP) is 11.9. The number of carbonyl (C=O) groups is 2. The van der Waals surface area contributed by atoms with Gasteiger partial charge in [-0.1, -0.05) is 43.8 Å². The van der Waals surface area contributed by atoms with Gasteiger partial charge >= 0.3 is 11.9 Å². The van der Waals surface area contributed by atoms with E-state index in [1.54, 1.807) is 13.2 Å². The molecule has 12 rings (SSSR count). The molecular weight excluding hydrogens is 1130 g/mol. The predicted molar refractivity (Wildman–Crippen MR) is 351 cm³/mol. The van der Waals surface area contributed by atoms with Crippen LogP contribution in [0.3, 0.4) is 0 Å². The zero-order chi connectivity index (χ0) is 62.0. The van der Waals surface area contributed by atoms with Crippen molar-refractivity contribution in [3.05, 3.63) is 119 Å². The van der Waals surface area contributed by atoms with Crippen molar-refractivity contribution in [1.29, 1.82) is 0 Å². The number of likely N-dealkylation sites (tertiary alicyclic amines) is 2. The molecule has 8 aromatic rings. The molecule has 0 bridgehead atoms. The quantitative estimate of drug-likeness (QED) is 0.0397. The highest BCUT2D eigenvalue weighted by Crippen LogP contribution is 2.47. The van der Waals surface area contributed by atoms with Crippen molar-refractivity contribution in [2.75, 3.05) is 114 Å². The Hall–Kier alpha value is -9.02. The molecule has 4 fully saturated rings. The summed E-state index contributed by atoms with van der Waals surface area (Å²) in [5.74, 6) is 0.513. The van der Waals surface area contributed by atoms with Crippen molar-refractivity contribution in [1.82, 2.24) is 38.9 Å². The number of esters is 2. The molecule has 0 saturated carbocycles. The Morgan fingerprint density at radius 3 is 1.46 bits per heavy atom. The van der Waals surface area contributed by atoms with Crippen LogP contribution in [-0.4, -0.2) is 150 Å². The molecule has 0 aliphatic carbocycles. The molecule has 4 aromatic heterocycles. The van der Waals surface area contributed by atoms with Crippen LogP contribution >= 0.6 is 0 Å². The molecule has 22 heteroatoms. The molecule has 4 aliphatic heterocycles. The number of aromatic nitrogens is 6. The van der Waals surface area contributed by atoms with E-state index in [4.69, 9.17) is 34.6 Å². The van der Waals surface area contributed by atoms with E-state index < -0.39 is 11.9 Å². The number of nitro groups is 1. The van der Waals surface area contributed by atoms with E-state index in [2.05, 4.69) is 54.3 Å². The number of methoxy groups -OCH3 is 3. The average molecular weight is 1210 g/mol. The second-order valence-electron chi connectivity index (χ2n) is 24.4. The molecule has 4 saturated heterocycles. The van der Waals surface area contributed by atoms with Crippen molar-refractivity contribution in [3.63, 3.8) is 0 Å². The Bertz CT molecular complexity index is 3880. The minimum Gasteiger partial charge on any atom is -0.494 e.